The van der Waals surface area contributed by atoms with Crippen molar-refractivity contribution in [2.24, 2.45) is 5.92 Å². The summed E-state index contributed by atoms with van der Waals surface area (Å²) in [5.74, 6) is 1.06. The van der Waals surface area contributed by atoms with Crippen molar-refractivity contribution in [3.63, 3.8) is 0 Å². The molecule has 1 aromatic rings. The molecule has 2 rings (SSSR count). The van der Waals surface area contributed by atoms with Gasteiger partial charge in [-0.2, -0.15) is 0 Å². The first-order valence-electron chi connectivity index (χ1n) is 5.42. The summed E-state index contributed by atoms with van der Waals surface area (Å²) in [5, 5.41) is 0. The van der Waals surface area contributed by atoms with Crippen LogP contribution in [0.1, 0.15) is 6.42 Å². The first kappa shape index (κ1) is 12.2. The van der Waals surface area contributed by atoms with Crippen molar-refractivity contribution in [1.29, 1.82) is 0 Å². The van der Waals surface area contributed by atoms with Gasteiger partial charge in [0.1, 0.15) is 5.75 Å². The van der Waals surface area contributed by atoms with E-state index in [1.54, 1.807) is 12.0 Å². The summed E-state index contributed by atoms with van der Waals surface area (Å²) in [7, 11) is 1.61. The predicted molar refractivity (Wildman–Crippen MR) is 71.4 cm³/mol. The number of amides is 1. The van der Waals surface area contributed by atoms with Gasteiger partial charge in [-0.25, -0.2) is 0 Å². The van der Waals surface area contributed by atoms with Crippen molar-refractivity contribution in [3.05, 3.63) is 35.3 Å². The summed E-state index contributed by atoms with van der Waals surface area (Å²) in [5.41, 5.74) is 0.824. The molecule has 0 spiro atoms. The SMILES string of the molecule is C=CC1CC(=O)N(c2ccc(Br)cc2OC)C1. The lowest BCUT2D eigenvalue weighted by atomic mass is 10.1. The molecule has 1 fully saturated rings. The van der Waals surface area contributed by atoms with Gasteiger partial charge in [0.2, 0.25) is 5.91 Å². The average Bonchev–Trinajstić information content (AvgIpc) is 2.70. The van der Waals surface area contributed by atoms with Crippen LogP contribution in [0.4, 0.5) is 5.69 Å². The number of halogens is 1. The van der Waals surface area contributed by atoms with E-state index in [2.05, 4.69) is 22.5 Å². The first-order valence-corrected chi connectivity index (χ1v) is 6.21. The molecule has 3 nitrogen and oxygen atoms in total. The molecule has 1 amide bonds. The van der Waals surface area contributed by atoms with Crippen LogP contribution in [0, 0.1) is 5.92 Å². The third-order valence-corrected chi connectivity index (χ3v) is 3.41. The quantitative estimate of drug-likeness (QED) is 0.803. The molecule has 4 heteroatoms. The fraction of sp³-hybridized carbons (Fsp3) is 0.308. The predicted octanol–water partition coefficient (Wildman–Crippen LogP) is 3.00. The molecule has 90 valence electrons. The van der Waals surface area contributed by atoms with Crippen LogP contribution in [0.15, 0.2) is 35.3 Å². The molecular weight excluding hydrogens is 282 g/mol. The van der Waals surface area contributed by atoms with Gasteiger partial charge in [-0.1, -0.05) is 22.0 Å². The maximum atomic E-state index is 11.9. The summed E-state index contributed by atoms with van der Waals surface area (Å²) in [6.07, 6.45) is 2.37. The Bertz CT molecular complexity index is 459. The zero-order valence-corrected chi connectivity index (χ0v) is 11.2. The van der Waals surface area contributed by atoms with E-state index in [1.165, 1.54) is 0 Å². The minimum atomic E-state index is 0.121. The molecule has 1 heterocycles. The van der Waals surface area contributed by atoms with Gasteiger partial charge in [0.25, 0.3) is 0 Å². The lowest BCUT2D eigenvalue weighted by Gasteiger charge is -2.19. The number of methoxy groups -OCH3 is 1. The highest BCUT2D eigenvalue weighted by Crippen LogP contribution is 2.35. The van der Waals surface area contributed by atoms with Crippen LogP contribution in [-0.2, 0) is 4.79 Å². The number of carbonyl (C=O) groups excluding carboxylic acids is 1. The molecule has 1 aromatic carbocycles. The van der Waals surface area contributed by atoms with E-state index < -0.39 is 0 Å². The lowest BCUT2D eigenvalue weighted by molar-refractivity contribution is -0.117. The summed E-state index contributed by atoms with van der Waals surface area (Å²) < 4.78 is 6.24. The second-order valence-corrected chi connectivity index (χ2v) is 4.94. The van der Waals surface area contributed by atoms with Crippen molar-refractivity contribution in [1.82, 2.24) is 0 Å². The minimum absolute atomic E-state index is 0.121. The van der Waals surface area contributed by atoms with Crippen LogP contribution >= 0.6 is 15.9 Å². The number of hydrogen-bond donors (Lipinski definition) is 0. The Hall–Kier alpha value is -1.29. The smallest absolute Gasteiger partial charge is 0.227 e. The molecule has 0 aromatic heterocycles. The Kier molecular flexibility index (Phi) is 3.52. The van der Waals surface area contributed by atoms with Crippen molar-refractivity contribution >= 4 is 27.5 Å². The highest BCUT2D eigenvalue weighted by molar-refractivity contribution is 9.10. The van der Waals surface area contributed by atoms with E-state index in [4.69, 9.17) is 4.74 Å². The maximum absolute atomic E-state index is 11.9. The highest BCUT2D eigenvalue weighted by Gasteiger charge is 2.30. The largest absolute Gasteiger partial charge is 0.495 e. The molecule has 1 unspecified atom stereocenters. The number of carbonyl (C=O) groups is 1. The monoisotopic (exact) mass is 295 g/mol. The highest BCUT2D eigenvalue weighted by atomic mass is 79.9. The van der Waals surface area contributed by atoms with Gasteiger partial charge in [-0.05, 0) is 18.2 Å². The molecule has 1 saturated heterocycles. The molecule has 0 N–H and O–H groups in total. The Labute approximate surface area is 109 Å². The van der Waals surface area contributed by atoms with E-state index in [0.717, 1.165) is 10.2 Å². The summed E-state index contributed by atoms with van der Waals surface area (Å²) >= 11 is 3.39. The number of hydrogen-bond acceptors (Lipinski definition) is 2. The molecule has 0 aliphatic carbocycles. The number of ether oxygens (including phenoxy) is 1. The summed E-state index contributed by atoms with van der Waals surface area (Å²) in [6, 6.07) is 5.67. The van der Waals surface area contributed by atoms with Crippen molar-refractivity contribution < 1.29 is 9.53 Å². The van der Waals surface area contributed by atoms with Gasteiger partial charge in [0, 0.05) is 23.4 Å². The topological polar surface area (TPSA) is 29.5 Å². The molecular formula is C13H14BrNO2. The van der Waals surface area contributed by atoms with E-state index in [0.29, 0.717) is 18.7 Å². The Morgan fingerprint density at radius 3 is 2.94 bits per heavy atom. The van der Waals surface area contributed by atoms with Gasteiger partial charge < -0.3 is 9.64 Å². The second-order valence-electron chi connectivity index (χ2n) is 4.02. The number of benzene rings is 1. The van der Waals surface area contributed by atoms with E-state index >= 15 is 0 Å². The zero-order chi connectivity index (χ0) is 12.4. The van der Waals surface area contributed by atoms with Gasteiger partial charge >= 0.3 is 0 Å². The first-order chi connectivity index (χ1) is 8.15. The van der Waals surface area contributed by atoms with E-state index in [9.17, 15) is 4.79 Å². The molecule has 1 aliphatic rings. The third kappa shape index (κ3) is 2.36. The van der Waals surface area contributed by atoms with Gasteiger partial charge in [0.15, 0.2) is 0 Å². The van der Waals surface area contributed by atoms with Gasteiger partial charge in [-0.3, -0.25) is 4.79 Å². The number of anilines is 1. The van der Waals surface area contributed by atoms with Crippen LogP contribution in [-0.4, -0.2) is 19.6 Å². The average molecular weight is 296 g/mol. The van der Waals surface area contributed by atoms with Crippen LogP contribution in [0.3, 0.4) is 0 Å². The molecule has 0 radical (unpaired) electrons. The van der Waals surface area contributed by atoms with Crippen molar-refractivity contribution in [2.75, 3.05) is 18.6 Å². The van der Waals surface area contributed by atoms with Crippen molar-refractivity contribution in [2.45, 2.75) is 6.42 Å². The molecule has 1 atom stereocenters. The summed E-state index contributed by atoms with van der Waals surface area (Å²) in [4.78, 5) is 13.7. The molecule has 1 aliphatic heterocycles. The number of rotatable bonds is 3. The zero-order valence-electron chi connectivity index (χ0n) is 9.65. The Balaban J connectivity index is 2.34. The van der Waals surface area contributed by atoms with Gasteiger partial charge in [-0.15, -0.1) is 6.58 Å². The molecule has 17 heavy (non-hydrogen) atoms. The van der Waals surface area contributed by atoms with Crippen LogP contribution in [0.25, 0.3) is 0 Å². The lowest BCUT2D eigenvalue weighted by Crippen LogP contribution is -2.24. The van der Waals surface area contributed by atoms with Crippen molar-refractivity contribution in [3.8, 4) is 5.75 Å². The van der Waals surface area contributed by atoms with E-state index in [-0.39, 0.29) is 11.8 Å². The van der Waals surface area contributed by atoms with Crippen LogP contribution in [0.2, 0.25) is 0 Å². The maximum Gasteiger partial charge on any atom is 0.227 e. The standard InChI is InChI=1S/C13H14BrNO2/c1-3-9-6-13(16)15(8-9)11-5-4-10(14)7-12(11)17-2/h3-5,7,9H,1,6,8H2,2H3. The fourth-order valence-electron chi connectivity index (χ4n) is 2.00. The van der Waals surface area contributed by atoms with E-state index in [1.807, 2.05) is 24.3 Å². The van der Waals surface area contributed by atoms with Crippen LogP contribution < -0.4 is 9.64 Å². The molecule has 0 bridgehead atoms. The second kappa shape index (κ2) is 4.92. The third-order valence-electron chi connectivity index (χ3n) is 2.92. The number of nitrogens with zero attached hydrogens (tertiary/aromatic N) is 1. The minimum Gasteiger partial charge on any atom is -0.495 e. The normalized spacial score (nSPS) is 19.5. The Morgan fingerprint density at radius 2 is 2.35 bits per heavy atom. The fourth-order valence-corrected chi connectivity index (χ4v) is 2.34. The molecule has 0 saturated carbocycles. The van der Waals surface area contributed by atoms with Crippen LogP contribution in [0.5, 0.6) is 5.75 Å². The Morgan fingerprint density at radius 1 is 1.59 bits per heavy atom. The van der Waals surface area contributed by atoms with Gasteiger partial charge in [0.05, 0.1) is 12.8 Å². The summed E-state index contributed by atoms with van der Waals surface area (Å²) in [6.45, 7) is 4.43.